The molecule has 0 bridgehead atoms. The van der Waals surface area contributed by atoms with Gasteiger partial charge < -0.3 is 4.90 Å². The largest absolute Gasteiger partial charge is 0.342 e. The number of rotatable bonds is 4. The normalized spacial score (nSPS) is 29.6. The molecule has 4 rings (SSSR count). The zero-order valence-corrected chi connectivity index (χ0v) is 16.9. The molecule has 27 heavy (non-hydrogen) atoms. The minimum atomic E-state index is -3.63. The molecule has 0 saturated carbocycles. The molecule has 1 aromatic heterocycles. The summed E-state index contributed by atoms with van der Waals surface area (Å²) in [4.78, 5) is 21.9. The van der Waals surface area contributed by atoms with Crippen molar-refractivity contribution in [3.05, 3.63) is 24.5 Å². The molecule has 8 heteroatoms. The van der Waals surface area contributed by atoms with Crippen molar-refractivity contribution in [1.29, 1.82) is 0 Å². The van der Waals surface area contributed by atoms with Gasteiger partial charge in [0.05, 0.1) is 5.41 Å². The molecule has 0 radical (unpaired) electrons. The lowest BCUT2D eigenvalue weighted by Gasteiger charge is -2.33. The predicted molar refractivity (Wildman–Crippen MR) is 101 cm³/mol. The van der Waals surface area contributed by atoms with Crippen molar-refractivity contribution in [3.8, 4) is 0 Å². The van der Waals surface area contributed by atoms with Crippen LogP contribution in [0.15, 0.2) is 29.4 Å². The summed E-state index contributed by atoms with van der Waals surface area (Å²) in [7, 11) is -3.63. The summed E-state index contributed by atoms with van der Waals surface area (Å²) in [5, 5.41) is 0. The van der Waals surface area contributed by atoms with Crippen LogP contribution in [0.1, 0.15) is 26.7 Å². The molecule has 3 saturated heterocycles. The van der Waals surface area contributed by atoms with Gasteiger partial charge in [-0.25, -0.2) is 8.42 Å². The molecule has 4 heterocycles. The Hall–Kier alpha value is -1.51. The van der Waals surface area contributed by atoms with E-state index in [1.807, 2.05) is 4.90 Å². The molecular formula is C19H28N4O3S. The molecule has 0 unspecified atom stereocenters. The van der Waals surface area contributed by atoms with E-state index in [-0.39, 0.29) is 23.3 Å². The molecule has 0 aromatic carbocycles. The molecule has 2 atom stereocenters. The Bertz CT molecular complexity index is 808. The Morgan fingerprint density at radius 2 is 1.96 bits per heavy atom. The van der Waals surface area contributed by atoms with E-state index < -0.39 is 15.4 Å². The topological polar surface area (TPSA) is 73.8 Å². The quantitative estimate of drug-likeness (QED) is 0.765. The molecule has 3 aliphatic rings. The second-order valence-electron chi connectivity index (χ2n) is 8.36. The highest BCUT2D eigenvalue weighted by Crippen LogP contribution is 2.46. The Morgan fingerprint density at radius 3 is 2.59 bits per heavy atom. The van der Waals surface area contributed by atoms with E-state index in [2.05, 4.69) is 23.7 Å². The van der Waals surface area contributed by atoms with Gasteiger partial charge in [0.25, 0.3) is 0 Å². The molecule has 7 nitrogen and oxygen atoms in total. The SMILES string of the molecule is CC(C)N1C[C@H]2CN(S(=O)(=O)c3cccnc3)C[C@@]2(C(=O)N2CCCC2)C1. The average Bonchev–Trinajstić information content (AvgIpc) is 3.36. The van der Waals surface area contributed by atoms with E-state index in [1.54, 1.807) is 18.3 Å². The van der Waals surface area contributed by atoms with Crippen LogP contribution >= 0.6 is 0 Å². The Kier molecular flexibility index (Phi) is 4.76. The summed E-state index contributed by atoms with van der Waals surface area (Å²) in [6.07, 6.45) is 5.03. The number of amides is 1. The maximum absolute atomic E-state index is 13.5. The zero-order chi connectivity index (χ0) is 19.2. The summed E-state index contributed by atoms with van der Waals surface area (Å²) in [6, 6.07) is 3.56. The fraction of sp³-hybridized carbons (Fsp3) is 0.684. The highest BCUT2D eigenvalue weighted by atomic mass is 32.2. The number of carbonyl (C=O) groups is 1. The third kappa shape index (κ3) is 3.07. The first-order chi connectivity index (χ1) is 12.8. The van der Waals surface area contributed by atoms with Crippen molar-refractivity contribution in [2.75, 3.05) is 39.3 Å². The van der Waals surface area contributed by atoms with Crippen LogP contribution in [0.2, 0.25) is 0 Å². The standard InChI is InChI=1S/C19H28N4O3S/c1-15(2)22-11-16-12-23(27(25,26)17-6-5-7-20-10-17)14-19(16,13-22)18(24)21-8-3-4-9-21/h5-7,10,15-16H,3-4,8-9,11-14H2,1-2H3/t16-,19-/m0/s1. The van der Waals surface area contributed by atoms with Gasteiger partial charge in [0.15, 0.2) is 0 Å². The van der Waals surface area contributed by atoms with Gasteiger partial charge in [0, 0.05) is 63.6 Å². The molecule has 0 aliphatic carbocycles. The monoisotopic (exact) mass is 392 g/mol. The highest BCUT2D eigenvalue weighted by molar-refractivity contribution is 7.89. The summed E-state index contributed by atoms with van der Waals surface area (Å²) < 4.78 is 27.7. The smallest absolute Gasteiger partial charge is 0.244 e. The van der Waals surface area contributed by atoms with Crippen molar-refractivity contribution in [3.63, 3.8) is 0 Å². The fourth-order valence-electron chi connectivity index (χ4n) is 4.82. The van der Waals surface area contributed by atoms with E-state index in [0.717, 1.165) is 32.5 Å². The molecule has 1 aromatic rings. The lowest BCUT2D eigenvalue weighted by atomic mass is 9.79. The maximum atomic E-state index is 13.5. The van der Waals surface area contributed by atoms with Gasteiger partial charge in [0.2, 0.25) is 15.9 Å². The van der Waals surface area contributed by atoms with E-state index in [0.29, 0.717) is 19.1 Å². The highest BCUT2D eigenvalue weighted by Gasteiger charge is 2.60. The van der Waals surface area contributed by atoms with Crippen LogP contribution < -0.4 is 0 Å². The number of fused-ring (bicyclic) bond motifs is 1. The van der Waals surface area contributed by atoms with Gasteiger partial charge in [-0.1, -0.05) is 0 Å². The van der Waals surface area contributed by atoms with Gasteiger partial charge in [-0.15, -0.1) is 0 Å². The van der Waals surface area contributed by atoms with Crippen LogP contribution in [-0.2, 0) is 14.8 Å². The molecule has 148 valence electrons. The zero-order valence-electron chi connectivity index (χ0n) is 16.0. The van der Waals surface area contributed by atoms with Crippen molar-refractivity contribution in [1.82, 2.24) is 19.1 Å². The van der Waals surface area contributed by atoms with Gasteiger partial charge >= 0.3 is 0 Å². The number of sulfonamides is 1. The first-order valence-electron chi connectivity index (χ1n) is 9.78. The fourth-order valence-corrected chi connectivity index (χ4v) is 6.34. The third-order valence-corrected chi connectivity index (χ3v) is 8.22. The Labute approximate surface area is 161 Å². The summed E-state index contributed by atoms with van der Waals surface area (Å²) in [5.41, 5.74) is -0.621. The number of nitrogens with zero attached hydrogens (tertiary/aromatic N) is 4. The first-order valence-corrected chi connectivity index (χ1v) is 11.2. The van der Waals surface area contributed by atoms with Crippen LogP contribution in [0, 0.1) is 11.3 Å². The van der Waals surface area contributed by atoms with Crippen molar-refractivity contribution in [2.45, 2.75) is 37.6 Å². The van der Waals surface area contributed by atoms with Crippen LogP contribution in [0.25, 0.3) is 0 Å². The number of hydrogen-bond acceptors (Lipinski definition) is 5. The van der Waals surface area contributed by atoms with Crippen molar-refractivity contribution < 1.29 is 13.2 Å². The minimum Gasteiger partial charge on any atom is -0.342 e. The lowest BCUT2D eigenvalue weighted by Crippen LogP contribution is -2.49. The second-order valence-corrected chi connectivity index (χ2v) is 10.3. The number of pyridine rings is 1. The third-order valence-electron chi connectivity index (χ3n) is 6.43. The molecule has 1 amide bonds. The molecule has 0 N–H and O–H groups in total. The van der Waals surface area contributed by atoms with Gasteiger partial charge in [-0.3, -0.25) is 14.7 Å². The molecule has 3 aliphatic heterocycles. The van der Waals surface area contributed by atoms with E-state index in [9.17, 15) is 13.2 Å². The van der Waals surface area contributed by atoms with Crippen molar-refractivity contribution in [2.24, 2.45) is 11.3 Å². The molecule has 3 fully saturated rings. The Balaban J connectivity index is 1.65. The lowest BCUT2D eigenvalue weighted by molar-refractivity contribution is -0.141. The van der Waals surface area contributed by atoms with Crippen LogP contribution in [0.4, 0.5) is 0 Å². The van der Waals surface area contributed by atoms with Gasteiger partial charge in [0.1, 0.15) is 4.90 Å². The van der Waals surface area contributed by atoms with Crippen LogP contribution in [0.3, 0.4) is 0 Å². The number of carbonyl (C=O) groups excluding carboxylic acids is 1. The Morgan fingerprint density at radius 1 is 1.22 bits per heavy atom. The number of hydrogen-bond donors (Lipinski definition) is 0. The predicted octanol–water partition coefficient (Wildman–Crippen LogP) is 1.03. The van der Waals surface area contributed by atoms with Crippen molar-refractivity contribution >= 4 is 15.9 Å². The van der Waals surface area contributed by atoms with Crippen LogP contribution in [-0.4, -0.2) is 78.7 Å². The second kappa shape index (κ2) is 6.83. The van der Waals surface area contributed by atoms with Gasteiger partial charge in [-0.05, 0) is 38.8 Å². The average molecular weight is 393 g/mol. The maximum Gasteiger partial charge on any atom is 0.244 e. The van der Waals surface area contributed by atoms with Crippen LogP contribution in [0.5, 0.6) is 0 Å². The van der Waals surface area contributed by atoms with E-state index in [1.165, 1.54) is 10.5 Å². The number of likely N-dealkylation sites (tertiary alicyclic amines) is 2. The first kappa shape index (κ1) is 18.8. The van der Waals surface area contributed by atoms with E-state index in [4.69, 9.17) is 0 Å². The summed E-state index contributed by atoms with van der Waals surface area (Å²) in [6.45, 7) is 7.96. The minimum absolute atomic E-state index is 0.0412. The summed E-state index contributed by atoms with van der Waals surface area (Å²) >= 11 is 0. The summed E-state index contributed by atoms with van der Waals surface area (Å²) in [5.74, 6) is 0.191. The van der Waals surface area contributed by atoms with Gasteiger partial charge in [-0.2, -0.15) is 4.31 Å². The van der Waals surface area contributed by atoms with E-state index >= 15 is 0 Å². The molecular weight excluding hydrogens is 364 g/mol. The molecule has 0 spiro atoms. The number of aromatic nitrogens is 1.